The van der Waals surface area contributed by atoms with E-state index in [1.165, 1.54) is 37.7 Å². The largest absolute Gasteiger partial charge is 0.393 e. The van der Waals surface area contributed by atoms with E-state index in [0.717, 1.165) is 0 Å². The van der Waals surface area contributed by atoms with Gasteiger partial charge in [0.1, 0.15) is 6.79 Å². The van der Waals surface area contributed by atoms with Gasteiger partial charge in [0.2, 0.25) is 0 Å². The predicted molar refractivity (Wildman–Crippen MR) is 135 cm³/mol. The van der Waals surface area contributed by atoms with Crippen molar-refractivity contribution >= 4 is 0 Å². The molecule has 0 amide bonds. The molecule has 3 saturated carbocycles. The van der Waals surface area contributed by atoms with Crippen LogP contribution in [0.25, 0.3) is 0 Å². The van der Waals surface area contributed by atoms with Gasteiger partial charge in [0.15, 0.2) is 0 Å². The summed E-state index contributed by atoms with van der Waals surface area (Å²) in [6.07, 6.45) is 16.8. The molecule has 0 aromatic carbocycles. The van der Waals surface area contributed by atoms with E-state index in [0.29, 0.717) is 55.1 Å². The highest BCUT2D eigenvalue weighted by molar-refractivity contribution is 5.26. The zero-order chi connectivity index (χ0) is 24.2. The summed E-state index contributed by atoms with van der Waals surface area (Å²) in [7, 11) is 1.67. The fraction of sp³-hybridized carbons (Fsp3) is 0.793. The molecule has 3 rings (SSSR count). The summed E-state index contributed by atoms with van der Waals surface area (Å²) < 4.78 is 11.0. The molecule has 4 nitrogen and oxygen atoms in total. The topological polar surface area (TPSA) is 58.9 Å². The molecule has 4 heteroatoms. The molecule has 2 N–H and O–H groups in total. The normalized spacial score (nSPS) is 36.2. The second-order valence-electron chi connectivity index (χ2n) is 11.8. The summed E-state index contributed by atoms with van der Waals surface area (Å²) >= 11 is 0. The maximum atomic E-state index is 10.0. The molecular weight excluding hydrogens is 412 g/mol. The Labute approximate surface area is 202 Å². The summed E-state index contributed by atoms with van der Waals surface area (Å²) in [5.74, 6) is 2.21. The van der Waals surface area contributed by atoms with Gasteiger partial charge in [-0.2, -0.15) is 0 Å². The van der Waals surface area contributed by atoms with E-state index >= 15 is 0 Å². The minimum atomic E-state index is -0.397. The lowest BCUT2D eigenvalue weighted by Crippen LogP contribution is -2.36. The van der Waals surface area contributed by atoms with Crippen LogP contribution in [0, 0.1) is 29.1 Å². The molecule has 7 atom stereocenters. The molecule has 6 unspecified atom stereocenters. The smallest absolute Gasteiger partial charge is 0.147 e. The Morgan fingerprint density at radius 2 is 1.79 bits per heavy atom. The first-order valence-corrected chi connectivity index (χ1v) is 13.1. The zero-order valence-electron chi connectivity index (χ0n) is 21.8. The van der Waals surface area contributed by atoms with Crippen LogP contribution < -0.4 is 0 Å². The lowest BCUT2D eigenvalue weighted by molar-refractivity contribution is -0.128. The fourth-order valence-corrected chi connectivity index (χ4v) is 6.72. The molecule has 3 fully saturated rings. The second-order valence-corrected chi connectivity index (χ2v) is 11.8. The lowest BCUT2D eigenvalue weighted by Gasteiger charge is -2.44. The number of allylic oxidation sites excluding steroid dienone is 4. The van der Waals surface area contributed by atoms with E-state index in [-0.39, 0.29) is 5.60 Å². The van der Waals surface area contributed by atoms with Gasteiger partial charge >= 0.3 is 0 Å². The van der Waals surface area contributed by atoms with Crippen LogP contribution in [0.3, 0.4) is 0 Å². The summed E-state index contributed by atoms with van der Waals surface area (Å²) in [5.41, 5.74) is 2.89. The van der Waals surface area contributed by atoms with Crippen molar-refractivity contribution in [1.29, 1.82) is 0 Å². The van der Waals surface area contributed by atoms with E-state index in [1.54, 1.807) is 12.7 Å². The number of hydrogen-bond acceptors (Lipinski definition) is 4. The Hall–Kier alpha value is -0.940. The van der Waals surface area contributed by atoms with Gasteiger partial charge in [-0.3, -0.25) is 0 Å². The highest BCUT2D eigenvalue weighted by atomic mass is 16.7. The molecule has 3 aliphatic carbocycles. The van der Waals surface area contributed by atoms with E-state index in [9.17, 15) is 10.2 Å². The fourth-order valence-electron chi connectivity index (χ4n) is 6.72. The van der Waals surface area contributed by atoms with Crippen LogP contribution in [0.5, 0.6) is 0 Å². The van der Waals surface area contributed by atoms with Crippen molar-refractivity contribution in [2.24, 2.45) is 29.1 Å². The summed E-state index contributed by atoms with van der Waals surface area (Å²) in [6.45, 7) is 11.8. The number of fused-ring (bicyclic) bond motifs is 1. The van der Waals surface area contributed by atoms with Crippen molar-refractivity contribution in [3.8, 4) is 0 Å². The molecule has 3 aliphatic rings. The maximum Gasteiger partial charge on any atom is 0.147 e. The van der Waals surface area contributed by atoms with Crippen LogP contribution >= 0.6 is 0 Å². The third kappa shape index (κ3) is 6.39. The quantitative estimate of drug-likeness (QED) is 0.335. The van der Waals surface area contributed by atoms with E-state index in [1.807, 2.05) is 0 Å². The molecule has 0 aliphatic heterocycles. The van der Waals surface area contributed by atoms with Gasteiger partial charge < -0.3 is 19.7 Å². The number of hydrogen-bond donors (Lipinski definition) is 2. The van der Waals surface area contributed by atoms with Gasteiger partial charge in [0.25, 0.3) is 0 Å². The molecule has 0 heterocycles. The Kier molecular flexibility index (Phi) is 9.05. The molecule has 188 valence electrons. The first kappa shape index (κ1) is 26.7. The van der Waals surface area contributed by atoms with Gasteiger partial charge in [0.05, 0.1) is 17.8 Å². The number of rotatable bonds is 8. The van der Waals surface area contributed by atoms with E-state index in [2.05, 4.69) is 58.9 Å². The van der Waals surface area contributed by atoms with Crippen LogP contribution in [0.2, 0.25) is 0 Å². The Morgan fingerprint density at radius 3 is 2.45 bits per heavy atom. The highest BCUT2D eigenvalue weighted by Gasteiger charge is 2.50. The molecular formula is C29H48O4. The Morgan fingerprint density at radius 1 is 1.09 bits per heavy atom. The third-order valence-electron chi connectivity index (χ3n) is 9.09. The van der Waals surface area contributed by atoms with Gasteiger partial charge in [-0.25, -0.2) is 0 Å². The molecule has 33 heavy (non-hydrogen) atoms. The van der Waals surface area contributed by atoms with Crippen LogP contribution in [-0.2, 0) is 9.47 Å². The monoisotopic (exact) mass is 460 g/mol. The van der Waals surface area contributed by atoms with Gasteiger partial charge in [-0.05, 0) is 88.4 Å². The minimum absolute atomic E-state index is 0.247. The molecule has 0 bridgehead atoms. The van der Waals surface area contributed by atoms with Crippen LogP contribution in [0.1, 0.15) is 86.0 Å². The van der Waals surface area contributed by atoms with Crippen molar-refractivity contribution in [2.75, 3.05) is 13.9 Å². The number of methoxy groups -OCH3 is 1. The van der Waals surface area contributed by atoms with Crippen molar-refractivity contribution in [1.82, 2.24) is 0 Å². The molecule has 0 aromatic rings. The SMILES string of the molecule is COCOC(C)(C)C(C)C=CC(C)C1CCC2C(=CC=C3CC(O)CC(O)C3)CCC[C@@]21C. The second kappa shape index (κ2) is 11.2. The van der Waals surface area contributed by atoms with Crippen molar-refractivity contribution < 1.29 is 19.7 Å². The summed E-state index contributed by atoms with van der Waals surface area (Å²) in [5, 5.41) is 20.0. The Balaban J connectivity index is 1.68. The van der Waals surface area contributed by atoms with Crippen molar-refractivity contribution in [2.45, 2.75) is 104 Å². The number of aliphatic hydroxyl groups is 2. The summed E-state index contributed by atoms with van der Waals surface area (Å²) in [4.78, 5) is 0. The van der Waals surface area contributed by atoms with Crippen molar-refractivity contribution in [3.05, 3.63) is 35.5 Å². The maximum absolute atomic E-state index is 10.0. The number of aliphatic hydroxyl groups excluding tert-OH is 2. The van der Waals surface area contributed by atoms with E-state index < -0.39 is 12.2 Å². The van der Waals surface area contributed by atoms with Crippen molar-refractivity contribution in [3.63, 3.8) is 0 Å². The molecule has 0 spiro atoms. The first-order chi connectivity index (χ1) is 15.6. The third-order valence-corrected chi connectivity index (χ3v) is 9.09. The van der Waals surface area contributed by atoms with Gasteiger partial charge in [-0.1, -0.05) is 56.2 Å². The lowest BCUT2D eigenvalue weighted by atomic mass is 9.61. The average Bonchev–Trinajstić information content (AvgIpc) is 3.11. The predicted octanol–water partition coefficient (Wildman–Crippen LogP) is 6.19. The Bertz CT molecular complexity index is 724. The molecule has 0 aromatic heterocycles. The zero-order valence-corrected chi connectivity index (χ0v) is 21.8. The molecule has 0 saturated heterocycles. The standard InChI is InChI=1S/C29H48O4/c1-20(9-10-21(2)28(3,4)33-19-32-6)26-13-14-27-23(8-7-15-29(26,27)5)12-11-22-16-24(30)18-25(31)17-22/h9-12,20-21,24-27,30-31H,7-8,13-19H2,1-6H3/t20?,21?,24?,25?,26?,27?,29-/m1/s1. The highest BCUT2D eigenvalue weighted by Crippen LogP contribution is 2.59. The summed E-state index contributed by atoms with van der Waals surface area (Å²) in [6, 6.07) is 0. The van der Waals surface area contributed by atoms with Crippen LogP contribution in [0.4, 0.5) is 0 Å². The number of ether oxygens (including phenoxy) is 2. The first-order valence-electron chi connectivity index (χ1n) is 13.1. The van der Waals surface area contributed by atoms with E-state index in [4.69, 9.17) is 9.47 Å². The minimum Gasteiger partial charge on any atom is -0.393 e. The van der Waals surface area contributed by atoms with Gasteiger partial charge in [-0.15, -0.1) is 0 Å². The van der Waals surface area contributed by atoms with Crippen LogP contribution in [0.15, 0.2) is 35.5 Å². The van der Waals surface area contributed by atoms with Crippen LogP contribution in [-0.4, -0.2) is 41.9 Å². The van der Waals surface area contributed by atoms with Gasteiger partial charge in [0, 0.05) is 13.0 Å². The average molecular weight is 461 g/mol. The molecule has 0 radical (unpaired) electrons.